The highest BCUT2D eigenvalue weighted by Gasteiger charge is 2.19. The van der Waals surface area contributed by atoms with E-state index in [0.29, 0.717) is 5.75 Å². The third kappa shape index (κ3) is 3.83. The molecule has 0 spiro atoms. The maximum Gasteiger partial charge on any atom is 0.179 e. The molecule has 0 aliphatic heterocycles. The third-order valence-electron chi connectivity index (χ3n) is 2.71. The first-order valence-electron chi connectivity index (χ1n) is 5.95. The lowest BCUT2D eigenvalue weighted by molar-refractivity contribution is 0.467. The Hall–Kier alpha value is -1.86. The molecular weight excluding hydrogens is 312 g/mol. The van der Waals surface area contributed by atoms with E-state index in [1.807, 2.05) is 0 Å². The zero-order valence-corrected chi connectivity index (χ0v) is 13.1. The van der Waals surface area contributed by atoms with Gasteiger partial charge in [-0.15, -0.1) is 0 Å². The van der Waals surface area contributed by atoms with Crippen LogP contribution >= 0.6 is 0 Å². The Morgan fingerprint density at radius 3 is 1.95 bits per heavy atom. The van der Waals surface area contributed by atoms with Crippen molar-refractivity contribution >= 4 is 19.7 Å². The van der Waals surface area contributed by atoms with Gasteiger partial charge in [-0.05, 0) is 30.3 Å². The molecule has 0 heterocycles. The number of sulfone groups is 2. The lowest BCUT2D eigenvalue weighted by Crippen LogP contribution is -2.04. The summed E-state index contributed by atoms with van der Waals surface area (Å²) in [6, 6.07) is 12.4. The van der Waals surface area contributed by atoms with Gasteiger partial charge in [0.15, 0.2) is 19.7 Å². The minimum atomic E-state index is -3.63. The molecule has 0 aliphatic rings. The van der Waals surface area contributed by atoms with E-state index in [4.69, 9.17) is 4.74 Å². The van der Waals surface area contributed by atoms with Gasteiger partial charge in [-0.1, -0.05) is 18.2 Å². The quantitative estimate of drug-likeness (QED) is 0.861. The van der Waals surface area contributed by atoms with Crippen LogP contribution in [0.3, 0.4) is 0 Å². The van der Waals surface area contributed by atoms with E-state index in [9.17, 15) is 16.8 Å². The number of para-hydroxylation sites is 1. The average molecular weight is 326 g/mol. The molecule has 2 aromatic carbocycles. The van der Waals surface area contributed by atoms with Gasteiger partial charge < -0.3 is 4.74 Å². The van der Waals surface area contributed by atoms with Gasteiger partial charge in [-0.3, -0.25) is 0 Å². The maximum atomic E-state index is 11.8. The fraction of sp³-hybridized carbons (Fsp3) is 0.143. The molecule has 0 N–H and O–H groups in total. The molecular formula is C14H14O5S2. The largest absolute Gasteiger partial charge is 0.456 e. The molecule has 0 amide bonds. The number of ether oxygens (including phenoxy) is 1. The molecule has 0 bridgehead atoms. The van der Waals surface area contributed by atoms with Crippen molar-refractivity contribution in [1.29, 1.82) is 0 Å². The third-order valence-corrected chi connectivity index (χ3v) is 4.94. The van der Waals surface area contributed by atoms with Crippen LogP contribution in [0.5, 0.6) is 11.5 Å². The van der Waals surface area contributed by atoms with Crippen LogP contribution < -0.4 is 4.74 Å². The van der Waals surface area contributed by atoms with Gasteiger partial charge in [-0.2, -0.15) is 0 Å². The Morgan fingerprint density at radius 1 is 0.810 bits per heavy atom. The molecule has 112 valence electrons. The van der Waals surface area contributed by atoms with Crippen LogP contribution in [-0.2, 0) is 19.7 Å². The number of rotatable bonds is 4. The molecule has 5 nitrogen and oxygen atoms in total. The Kier molecular flexibility index (Phi) is 4.06. The van der Waals surface area contributed by atoms with Crippen LogP contribution in [-0.4, -0.2) is 29.3 Å². The van der Waals surface area contributed by atoms with Crippen LogP contribution in [0.15, 0.2) is 58.3 Å². The first kappa shape index (κ1) is 15.5. The van der Waals surface area contributed by atoms with Crippen LogP contribution in [0.1, 0.15) is 0 Å². The summed E-state index contributed by atoms with van der Waals surface area (Å²) < 4.78 is 52.3. The molecule has 2 rings (SSSR count). The molecule has 0 saturated heterocycles. The number of hydrogen-bond donors (Lipinski definition) is 0. The zero-order valence-electron chi connectivity index (χ0n) is 11.5. The van der Waals surface area contributed by atoms with Crippen molar-refractivity contribution in [2.75, 3.05) is 12.5 Å². The molecule has 7 heteroatoms. The highest BCUT2D eigenvalue weighted by Crippen LogP contribution is 2.30. The summed E-state index contributed by atoms with van der Waals surface area (Å²) in [4.78, 5) is -0.224. The van der Waals surface area contributed by atoms with Crippen LogP contribution in [0, 0.1) is 0 Å². The zero-order chi connectivity index (χ0) is 15.7. The first-order valence-corrected chi connectivity index (χ1v) is 9.73. The molecule has 0 unspecified atom stereocenters. The molecule has 0 atom stereocenters. The smallest absolute Gasteiger partial charge is 0.179 e. The highest BCUT2D eigenvalue weighted by atomic mass is 32.2. The van der Waals surface area contributed by atoms with E-state index in [1.54, 1.807) is 30.3 Å². The predicted molar refractivity (Wildman–Crippen MR) is 79.2 cm³/mol. The van der Waals surface area contributed by atoms with Crippen molar-refractivity contribution < 1.29 is 21.6 Å². The molecule has 0 aliphatic carbocycles. The van der Waals surface area contributed by atoms with Gasteiger partial charge in [0.25, 0.3) is 0 Å². The second-order valence-corrected chi connectivity index (χ2v) is 8.57. The van der Waals surface area contributed by atoms with Crippen LogP contribution in [0.4, 0.5) is 0 Å². The molecule has 0 aromatic heterocycles. The fourth-order valence-corrected chi connectivity index (χ4v) is 3.25. The van der Waals surface area contributed by atoms with Gasteiger partial charge in [0, 0.05) is 12.5 Å². The van der Waals surface area contributed by atoms with Crippen molar-refractivity contribution in [3.8, 4) is 11.5 Å². The molecule has 0 radical (unpaired) electrons. The Balaban J connectivity index is 2.57. The minimum absolute atomic E-state index is 0.0664. The summed E-state index contributed by atoms with van der Waals surface area (Å²) in [5.74, 6) is 0.561. The van der Waals surface area contributed by atoms with Gasteiger partial charge in [0.05, 0.1) is 4.90 Å². The van der Waals surface area contributed by atoms with E-state index in [2.05, 4.69) is 0 Å². The van der Waals surface area contributed by atoms with E-state index in [1.165, 1.54) is 12.1 Å². The summed E-state index contributed by atoms with van der Waals surface area (Å²) in [5, 5.41) is 0. The van der Waals surface area contributed by atoms with Gasteiger partial charge >= 0.3 is 0 Å². The Labute approximate surface area is 124 Å². The summed E-state index contributed by atoms with van der Waals surface area (Å²) in [5.41, 5.74) is 0. The second-order valence-electron chi connectivity index (χ2n) is 4.57. The molecule has 21 heavy (non-hydrogen) atoms. The summed E-state index contributed by atoms with van der Waals surface area (Å²) in [7, 11) is -7.12. The van der Waals surface area contributed by atoms with E-state index >= 15 is 0 Å². The fourth-order valence-electron chi connectivity index (χ4n) is 1.71. The Bertz CT molecular complexity index is 853. The van der Waals surface area contributed by atoms with Crippen molar-refractivity contribution in [1.82, 2.24) is 0 Å². The van der Waals surface area contributed by atoms with Crippen LogP contribution in [0.25, 0.3) is 0 Å². The topological polar surface area (TPSA) is 77.5 Å². The lowest BCUT2D eigenvalue weighted by Gasteiger charge is -2.11. The number of benzene rings is 2. The van der Waals surface area contributed by atoms with E-state index in [0.717, 1.165) is 18.6 Å². The summed E-state index contributed by atoms with van der Waals surface area (Å²) >= 11 is 0. The average Bonchev–Trinajstić information content (AvgIpc) is 2.38. The standard InChI is InChI=1S/C14H14O5S2/c1-20(15,16)12-8-9-13(14(10-12)21(2,17)18)19-11-6-4-3-5-7-11/h3-10H,1-2H3. The normalized spacial score (nSPS) is 12.1. The van der Waals surface area contributed by atoms with Gasteiger partial charge in [-0.25, -0.2) is 16.8 Å². The number of hydrogen-bond acceptors (Lipinski definition) is 5. The van der Waals surface area contributed by atoms with Gasteiger partial charge in [0.1, 0.15) is 16.4 Å². The van der Waals surface area contributed by atoms with Crippen LogP contribution in [0.2, 0.25) is 0 Å². The van der Waals surface area contributed by atoms with Crippen molar-refractivity contribution in [2.24, 2.45) is 0 Å². The minimum Gasteiger partial charge on any atom is -0.456 e. The first-order chi connectivity index (χ1) is 9.68. The molecule has 0 fully saturated rings. The van der Waals surface area contributed by atoms with E-state index in [-0.39, 0.29) is 15.5 Å². The second kappa shape index (κ2) is 5.50. The Morgan fingerprint density at radius 2 is 1.43 bits per heavy atom. The monoisotopic (exact) mass is 326 g/mol. The van der Waals surface area contributed by atoms with Crippen molar-refractivity contribution in [3.63, 3.8) is 0 Å². The molecule has 2 aromatic rings. The van der Waals surface area contributed by atoms with E-state index < -0.39 is 19.7 Å². The maximum absolute atomic E-state index is 11.8. The summed E-state index contributed by atoms with van der Waals surface area (Å²) in [6.07, 6.45) is 2.03. The van der Waals surface area contributed by atoms with Crippen molar-refractivity contribution in [3.05, 3.63) is 48.5 Å². The molecule has 0 saturated carbocycles. The SMILES string of the molecule is CS(=O)(=O)c1ccc(Oc2ccccc2)c(S(C)(=O)=O)c1. The predicted octanol–water partition coefficient (Wildman–Crippen LogP) is 2.29. The summed E-state index contributed by atoms with van der Waals surface area (Å²) in [6.45, 7) is 0. The highest BCUT2D eigenvalue weighted by molar-refractivity contribution is 7.91. The lowest BCUT2D eigenvalue weighted by atomic mass is 10.3. The van der Waals surface area contributed by atoms with Crippen molar-refractivity contribution in [2.45, 2.75) is 9.79 Å². The van der Waals surface area contributed by atoms with Gasteiger partial charge in [0.2, 0.25) is 0 Å².